The van der Waals surface area contributed by atoms with Gasteiger partial charge in [0.05, 0.1) is 12.1 Å². The molecule has 3 atom stereocenters. The first-order chi connectivity index (χ1) is 25.0. The molecule has 0 saturated heterocycles. The molecule has 0 aliphatic heterocycles. The van der Waals surface area contributed by atoms with E-state index in [0.717, 1.165) is 56.1 Å². The fraction of sp³-hybridized carbons (Fsp3) is 0.619. The molecule has 3 amide bonds. The van der Waals surface area contributed by atoms with Crippen molar-refractivity contribution < 1.29 is 29.4 Å². The van der Waals surface area contributed by atoms with Crippen LogP contribution in [0.1, 0.15) is 122 Å². The molecule has 0 saturated carbocycles. The van der Waals surface area contributed by atoms with E-state index in [1.807, 2.05) is 41.7 Å². The van der Waals surface area contributed by atoms with Crippen LogP contribution >= 0.6 is 0 Å². The zero-order chi connectivity index (χ0) is 38.0. The first-order valence-electron chi connectivity index (χ1n) is 19.6. The van der Waals surface area contributed by atoms with Crippen LogP contribution in [0.15, 0.2) is 60.7 Å². The largest absolute Gasteiger partial charge is 0.465 e. The SMILES string of the molecule is CC(CNC(=O)O)[C@H](NC(CCCCCCCCCCCCCCCN[C@H](C=O)C(C)C)(Cc1ccccc1)Cc1ccccc1)C(=O)NC(=O)O. The van der Waals surface area contributed by atoms with E-state index >= 15 is 0 Å². The number of aldehydes is 1. The lowest BCUT2D eigenvalue weighted by atomic mass is 9.78. The van der Waals surface area contributed by atoms with E-state index in [1.54, 1.807) is 6.92 Å². The molecule has 2 aromatic carbocycles. The van der Waals surface area contributed by atoms with Crippen molar-refractivity contribution in [3.63, 3.8) is 0 Å². The van der Waals surface area contributed by atoms with Crippen LogP contribution in [-0.2, 0) is 22.4 Å². The monoisotopic (exact) mass is 722 g/mol. The van der Waals surface area contributed by atoms with Crippen LogP contribution in [-0.4, -0.2) is 65.3 Å². The highest BCUT2D eigenvalue weighted by atomic mass is 16.4. The number of rotatable bonds is 29. The second-order valence-corrected chi connectivity index (χ2v) is 14.9. The molecule has 0 fully saturated rings. The Morgan fingerprint density at radius 1 is 0.673 bits per heavy atom. The molecule has 0 aromatic heterocycles. The van der Waals surface area contributed by atoms with Crippen LogP contribution < -0.4 is 21.3 Å². The quantitative estimate of drug-likeness (QED) is 0.0363. The molecule has 0 aliphatic rings. The maximum atomic E-state index is 13.3. The van der Waals surface area contributed by atoms with Crippen molar-refractivity contribution in [2.24, 2.45) is 11.8 Å². The summed E-state index contributed by atoms with van der Waals surface area (Å²) in [7, 11) is 0. The maximum absolute atomic E-state index is 13.3. The minimum absolute atomic E-state index is 0.00710. The van der Waals surface area contributed by atoms with Gasteiger partial charge in [-0.05, 0) is 55.2 Å². The van der Waals surface area contributed by atoms with E-state index in [0.29, 0.717) is 18.8 Å². The van der Waals surface area contributed by atoms with Crippen molar-refractivity contribution in [2.75, 3.05) is 13.1 Å². The van der Waals surface area contributed by atoms with Crippen LogP contribution in [0.2, 0.25) is 0 Å². The van der Waals surface area contributed by atoms with E-state index in [1.165, 1.54) is 57.8 Å². The van der Waals surface area contributed by atoms with Gasteiger partial charge in [-0.25, -0.2) is 9.59 Å². The van der Waals surface area contributed by atoms with Crippen LogP contribution in [0.3, 0.4) is 0 Å². The average molecular weight is 723 g/mol. The summed E-state index contributed by atoms with van der Waals surface area (Å²) in [5.41, 5.74) is 1.61. The molecule has 290 valence electrons. The van der Waals surface area contributed by atoms with E-state index < -0.39 is 35.6 Å². The number of amides is 3. The number of hydrogen-bond acceptors (Lipinski definition) is 6. The third-order valence-electron chi connectivity index (χ3n) is 9.97. The number of benzene rings is 2. The summed E-state index contributed by atoms with van der Waals surface area (Å²) in [6.45, 7) is 6.79. The fourth-order valence-corrected chi connectivity index (χ4v) is 6.97. The summed E-state index contributed by atoms with van der Waals surface area (Å²) in [5.74, 6) is -0.876. The number of imide groups is 1. The number of hydrogen-bond donors (Lipinski definition) is 6. The lowest BCUT2D eigenvalue weighted by Gasteiger charge is -2.40. The second kappa shape index (κ2) is 26.1. The van der Waals surface area contributed by atoms with Gasteiger partial charge in [0.15, 0.2) is 0 Å². The van der Waals surface area contributed by atoms with Gasteiger partial charge in [-0.3, -0.25) is 15.4 Å². The van der Waals surface area contributed by atoms with Crippen molar-refractivity contribution in [2.45, 2.75) is 141 Å². The lowest BCUT2D eigenvalue weighted by Crippen LogP contribution is -2.61. The molecule has 0 bridgehead atoms. The van der Waals surface area contributed by atoms with Crippen LogP contribution in [0.4, 0.5) is 9.59 Å². The van der Waals surface area contributed by atoms with Gasteiger partial charge in [0, 0.05) is 12.1 Å². The normalized spacial score (nSPS) is 13.3. The van der Waals surface area contributed by atoms with Gasteiger partial charge in [0.2, 0.25) is 5.91 Å². The Labute approximate surface area is 312 Å². The Hall–Kier alpha value is -3.76. The molecule has 2 rings (SSSR count). The van der Waals surface area contributed by atoms with Crippen molar-refractivity contribution in [3.8, 4) is 0 Å². The minimum Gasteiger partial charge on any atom is -0.465 e. The van der Waals surface area contributed by atoms with Crippen LogP contribution in [0, 0.1) is 11.8 Å². The zero-order valence-corrected chi connectivity index (χ0v) is 31.9. The maximum Gasteiger partial charge on any atom is 0.411 e. The Morgan fingerprint density at radius 2 is 1.13 bits per heavy atom. The molecule has 1 unspecified atom stereocenters. The minimum atomic E-state index is -1.44. The Kier molecular flexibility index (Phi) is 22.3. The highest BCUT2D eigenvalue weighted by Crippen LogP contribution is 2.28. The average Bonchev–Trinajstić information content (AvgIpc) is 3.11. The van der Waals surface area contributed by atoms with Crippen molar-refractivity contribution in [1.29, 1.82) is 0 Å². The summed E-state index contributed by atoms with van der Waals surface area (Å²) in [6.07, 6.45) is 15.9. The topological polar surface area (TPSA) is 157 Å². The van der Waals surface area contributed by atoms with Crippen molar-refractivity contribution in [1.82, 2.24) is 21.3 Å². The Bertz CT molecular complexity index is 1230. The summed E-state index contributed by atoms with van der Waals surface area (Å²) in [4.78, 5) is 47.3. The first-order valence-corrected chi connectivity index (χ1v) is 19.6. The molecule has 0 radical (unpaired) electrons. The van der Waals surface area contributed by atoms with E-state index in [2.05, 4.69) is 54.1 Å². The lowest BCUT2D eigenvalue weighted by molar-refractivity contribution is -0.124. The summed E-state index contributed by atoms with van der Waals surface area (Å²) in [5, 5.41) is 30.0. The predicted molar refractivity (Wildman–Crippen MR) is 209 cm³/mol. The second-order valence-electron chi connectivity index (χ2n) is 14.9. The van der Waals surface area contributed by atoms with Crippen molar-refractivity contribution in [3.05, 3.63) is 71.8 Å². The van der Waals surface area contributed by atoms with E-state index in [-0.39, 0.29) is 12.6 Å². The predicted octanol–water partition coefficient (Wildman–Crippen LogP) is 8.14. The van der Waals surface area contributed by atoms with Gasteiger partial charge in [0.25, 0.3) is 0 Å². The summed E-state index contributed by atoms with van der Waals surface area (Å²) >= 11 is 0. The van der Waals surface area contributed by atoms with Gasteiger partial charge in [-0.15, -0.1) is 0 Å². The van der Waals surface area contributed by atoms with Crippen LogP contribution in [0.25, 0.3) is 0 Å². The van der Waals surface area contributed by atoms with Gasteiger partial charge in [0.1, 0.15) is 6.29 Å². The van der Waals surface area contributed by atoms with Crippen molar-refractivity contribution >= 4 is 24.4 Å². The smallest absolute Gasteiger partial charge is 0.411 e. The summed E-state index contributed by atoms with van der Waals surface area (Å²) in [6, 6.07) is 19.2. The molecule has 0 aliphatic carbocycles. The number of nitrogens with one attached hydrogen (secondary N) is 4. The third kappa shape index (κ3) is 19.2. The number of unbranched alkanes of at least 4 members (excludes halogenated alkanes) is 12. The summed E-state index contributed by atoms with van der Waals surface area (Å²) < 4.78 is 0. The molecular weight excluding hydrogens is 656 g/mol. The zero-order valence-electron chi connectivity index (χ0n) is 31.9. The number of carbonyl (C=O) groups is 4. The highest BCUT2D eigenvalue weighted by molar-refractivity contribution is 5.94. The van der Waals surface area contributed by atoms with E-state index in [9.17, 15) is 29.4 Å². The molecule has 6 N–H and O–H groups in total. The third-order valence-corrected chi connectivity index (χ3v) is 9.97. The molecule has 0 spiro atoms. The Balaban J connectivity index is 1.94. The Morgan fingerprint density at radius 3 is 1.56 bits per heavy atom. The van der Waals surface area contributed by atoms with Crippen LogP contribution in [0.5, 0.6) is 0 Å². The first kappa shape index (κ1) is 44.4. The molecule has 10 nitrogen and oxygen atoms in total. The number of carboxylic acid groups (broad SMARTS) is 2. The number of carbonyl (C=O) groups excluding carboxylic acids is 2. The van der Waals surface area contributed by atoms with Gasteiger partial charge in [-0.2, -0.15) is 0 Å². The molecule has 10 heteroatoms. The van der Waals surface area contributed by atoms with E-state index in [4.69, 9.17) is 0 Å². The van der Waals surface area contributed by atoms with Gasteiger partial charge in [-0.1, -0.05) is 158 Å². The molecular formula is C42H66N4O6. The van der Waals surface area contributed by atoms with Gasteiger partial charge < -0.3 is 25.6 Å². The molecule has 2 aromatic rings. The van der Waals surface area contributed by atoms with Gasteiger partial charge >= 0.3 is 12.2 Å². The standard InChI is InChI=1S/C42H66N4O6/c1-33(2)37(32-47)43-28-22-14-12-10-8-6-4-5-7-9-11-13-21-27-42(29-35-23-17-15-18-24-35,30-36-25-19-16-20-26-36)46-38(39(48)45-41(51)52)34(3)31-44-40(49)50/h15-20,23-26,32-34,37-38,43-44,46H,4-14,21-22,27-31H2,1-3H3,(H,45,48)(H,49,50)(H,51,52)/t34?,37-,38+/m1/s1. The molecule has 0 heterocycles. The highest BCUT2D eigenvalue weighted by Gasteiger charge is 2.38. The fourth-order valence-electron chi connectivity index (χ4n) is 6.97. The molecule has 52 heavy (non-hydrogen) atoms.